The van der Waals surface area contributed by atoms with Gasteiger partial charge in [-0.15, -0.1) is 0 Å². The number of fused-ring (bicyclic) bond motifs is 1. The van der Waals surface area contributed by atoms with Gasteiger partial charge in [0.15, 0.2) is 0 Å². The number of carbonyl (C=O) groups is 2. The molecule has 0 aliphatic rings. The standard InChI is InChI=1S/C18H15ClN2O3/c1-12(22)20-15-4-6-16(7-5-15)24-18(23)11-21-9-8-13-2-3-14(19)10-17(13)21/h2-10H,11H2,1H3,(H,20,22). The van der Waals surface area contributed by atoms with E-state index in [1.54, 1.807) is 28.8 Å². The van der Waals surface area contributed by atoms with Crippen LogP contribution in [0.2, 0.25) is 5.02 Å². The fraction of sp³-hybridized carbons (Fsp3) is 0.111. The Balaban J connectivity index is 1.68. The number of nitrogens with one attached hydrogen (secondary N) is 1. The second kappa shape index (κ2) is 6.76. The molecule has 24 heavy (non-hydrogen) atoms. The Kier molecular flexibility index (Phi) is 4.53. The Labute approximate surface area is 143 Å². The van der Waals surface area contributed by atoms with Crippen LogP contribution in [0.4, 0.5) is 5.69 Å². The van der Waals surface area contributed by atoms with E-state index in [0.717, 1.165) is 10.9 Å². The van der Waals surface area contributed by atoms with Crippen molar-refractivity contribution in [1.29, 1.82) is 0 Å². The Hall–Kier alpha value is -2.79. The highest BCUT2D eigenvalue weighted by Gasteiger charge is 2.09. The largest absolute Gasteiger partial charge is 0.425 e. The van der Waals surface area contributed by atoms with Crippen LogP contribution in [0.25, 0.3) is 10.9 Å². The van der Waals surface area contributed by atoms with Crippen LogP contribution >= 0.6 is 11.6 Å². The van der Waals surface area contributed by atoms with Gasteiger partial charge in [-0.3, -0.25) is 4.79 Å². The van der Waals surface area contributed by atoms with E-state index in [-0.39, 0.29) is 18.4 Å². The minimum absolute atomic E-state index is 0.0806. The van der Waals surface area contributed by atoms with E-state index >= 15 is 0 Å². The van der Waals surface area contributed by atoms with E-state index in [1.165, 1.54) is 6.92 Å². The first-order valence-electron chi connectivity index (χ1n) is 7.34. The zero-order valence-electron chi connectivity index (χ0n) is 13.0. The third-order valence-electron chi connectivity index (χ3n) is 3.44. The number of hydrogen-bond acceptors (Lipinski definition) is 3. The van der Waals surface area contributed by atoms with Crippen LogP contribution in [0.5, 0.6) is 5.75 Å². The summed E-state index contributed by atoms with van der Waals surface area (Å²) >= 11 is 6.01. The molecule has 1 aromatic heterocycles. The maximum Gasteiger partial charge on any atom is 0.331 e. The molecule has 0 unspecified atom stereocenters. The second-order valence-electron chi connectivity index (χ2n) is 5.33. The number of rotatable bonds is 4. The van der Waals surface area contributed by atoms with Crippen molar-refractivity contribution in [2.75, 3.05) is 5.32 Å². The van der Waals surface area contributed by atoms with Crippen molar-refractivity contribution >= 4 is 40.1 Å². The number of amides is 1. The third-order valence-corrected chi connectivity index (χ3v) is 3.68. The lowest BCUT2D eigenvalue weighted by Crippen LogP contribution is -2.15. The molecule has 0 saturated heterocycles. The Morgan fingerprint density at radius 1 is 1.12 bits per heavy atom. The number of esters is 1. The summed E-state index contributed by atoms with van der Waals surface area (Å²) in [5.74, 6) is -0.124. The summed E-state index contributed by atoms with van der Waals surface area (Å²) in [4.78, 5) is 23.1. The molecule has 0 bridgehead atoms. The molecule has 0 aliphatic heterocycles. The van der Waals surface area contributed by atoms with Crippen LogP contribution in [0.1, 0.15) is 6.92 Å². The Morgan fingerprint density at radius 3 is 2.58 bits per heavy atom. The van der Waals surface area contributed by atoms with E-state index in [2.05, 4.69) is 5.32 Å². The smallest absolute Gasteiger partial charge is 0.331 e. The van der Waals surface area contributed by atoms with E-state index < -0.39 is 0 Å². The monoisotopic (exact) mass is 342 g/mol. The number of hydrogen-bond donors (Lipinski definition) is 1. The Morgan fingerprint density at radius 2 is 1.88 bits per heavy atom. The predicted molar refractivity (Wildman–Crippen MR) is 93.3 cm³/mol. The maximum atomic E-state index is 12.1. The van der Waals surface area contributed by atoms with Crippen molar-refractivity contribution in [1.82, 2.24) is 4.57 Å². The molecule has 0 spiro atoms. The third kappa shape index (κ3) is 3.75. The molecule has 0 atom stereocenters. The minimum Gasteiger partial charge on any atom is -0.425 e. The minimum atomic E-state index is -0.389. The summed E-state index contributed by atoms with van der Waals surface area (Å²) in [5, 5.41) is 4.27. The highest BCUT2D eigenvalue weighted by molar-refractivity contribution is 6.31. The van der Waals surface area contributed by atoms with Gasteiger partial charge < -0.3 is 14.6 Å². The van der Waals surface area contributed by atoms with Gasteiger partial charge in [-0.25, -0.2) is 4.79 Å². The number of aromatic nitrogens is 1. The van der Waals surface area contributed by atoms with E-state index in [4.69, 9.17) is 16.3 Å². The number of anilines is 1. The highest BCUT2D eigenvalue weighted by atomic mass is 35.5. The molecule has 1 N–H and O–H groups in total. The SMILES string of the molecule is CC(=O)Nc1ccc(OC(=O)Cn2ccc3ccc(Cl)cc32)cc1. The molecule has 3 aromatic rings. The van der Waals surface area contributed by atoms with Gasteiger partial charge in [0.25, 0.3) is 0 Å². The van der Waals surface area contributed by atoms with Crippen LogP contribution in [-0.2, 0) is 16.1 Å². The van der Waals surface area contributed by atoms with Crippen molar-refractivity contribution in [3.63, 3.8) is 0 Å². The van der Waals surface area contributed by atoms with Gasteiger partial charge in [0.1, 0.15) is 12.3 Å². The molecule has 3 rings (SSSR count). The van der Waals surface area contributed by atoms with Gasteiger partial charge in [-0.2, -0.15) is 0 Å². The van der Waals surface area contributed by atoms with E-state index in [9.17, 15) is 9.59 Å². The van der Waals surface area contributed by atoms with Gasteiger partial charge in [-0.05, 0) is 47.9 Å². The number of nitrogens with zero attached hydrogens (tertiary/aromatic N) is 1. The van der Waals surface area contributed by atoms with Crippen molar-refractivity contribution in [2.45, 2.75) is 13.5 Å². The van der Waals surface area contributed by atoms with Crippen molar-refractivity contribution in [2.24, 2.45) is 0 Å². The molecular formula is C18H15ClN2O3. The normalized spacial score (nSPS) is 10.6. The lowest BCUT2D eigenvalue weighted by molar-refractivity contribution is -0.135. The fourth-order valence-corrected chi connectivity index (χ4v) is 2.57. The summed E-state index contributed by atoms with van der Waals surface area (Å²) in [6.07, 6.45) is 1.82. The van der Waals surface area contributed by atoms with Gasteiger partial charge in [0.2, 0.25) is 5.91 Å². The molecule has 2 aromatic carbocycles. The van der Waals surface area contributed by atoms with Gasteiger partial charge in [0.05, 0.1) is 5.52 Å². The lowest BCUT2D eigenvalue weighted by Gasteiger charge is -2.08. The molecule has 5 nitrogen and oxygen atoms in total. The molecule has 122 valence electrons. The second-order valence-corrected chi connectivity index (χ2v) is 5.76. The summed E-state index contributed by atoms with van der Waals surface area (Å²) in [7, 11) is 0. The van der Waals surface area contributed by atoms with Gasteiger partial charge >= 0.3 is 5.97 Å². The zero-order valence-corrected chi connectivity index (χ0v) is 13.7. The lowest BCUT2D eigenvalue weighted by atomic mass is 10.2. The molecule has 0 fully saturated rings. The number of halogens is 1. The van der Waals surface area contributed by atoms with E-state index in [1.807, 2.05) is 30.5 Å². The van der Waals surface area contributed by atoms with Crippen molar-refractivity contribution < 1.29 is 14.3 Å². The molecule has 0 radical (unpaired) electrons. The van der Waals surface area contributed by atoms with Crippen molar-refractivity contribution in [3.8, 4) is 5.75 Å². The van der Waals surface area contributed by atoms with Crippen molar-refractivity contribution in [3.05, 3.63) is 59.8 Å². The number of carbonyl (C=O) groups excluding carboxylic acids is 2. The molecular weight excluding hydrogens is 328 g/mol. The summed E-state index contributed by atoms with van der Waals surface area (Å²) in [6, 6.07) is 14.1. The molecule has 0 aliphatic carbocycles. The van der Waals surface area contributed by atoms with Crippen LogP contribution in [0.15, 0.2) is 54.7 Å². The predicted octanol–water partition coefficient (Wildman–Crippen LogP) is 3.86. The maximum absolute atomic E-state index is 12.1. The first kappa shape index (κ1) is 16.1. The van der Waals surface area contributed by atoms with Crippen LogP contribution < -0.4 is 10.1 Å². The van der Waals surface area contributed by atoms with E-state index in [0.29, 0.717) is 16.5 Å². The van der Waals surface area contributed by atoms with Crippen LogP contribution in [0.3, 0.4) is 0 Å². The quantitative estimate of drug-likeness (QED) is 0.578. The van der Waals surface area contributed by atoms with Gasteiger partial charge in [-0.1, -0.05) is 17.7 Å². The zero-order chi connectivity index (χ0) is 17.1. The first-order chi connectivity index (χ1) is 11.5. The summed E-state index contributed by atoms with van der Waals surface area (Å²) in [5.41, 5.74) is 1.52. The molecule has 1 amide bonds. The topological polar surface area (TPSA) is 60.3 Å². The van der Waals surface area contributed by atoms with Crippen LogP contribution in [0, 0.1) is 0 Å². The molecule has 6 heteroatoms. The highest BCUT2D eigenvalue weighted by Crippen LogP contribution is 2.21. The molecule has 1 heterocycles. The number of ether oxygens (including phenoxy) is 1. The fourth-order valence-electron chi connectivity index (χ4n) is 2.41. The summed E-state index contributed by atoms with van der Waals surface area (Å²) < 4.78 is 7.11. The molecule has 0 saturated carbocycles. The summed E-state index contributed by atoms with van der Waals surface area (Å²) in [6.45, 7) is 1.51. The van der Waals surface area contributed by atoms with Crippen LogP contribution in [-0.4, -0.2) is 16.4 Å². The number of benzene rings is 2. The Bertz CT molecular complexity index is 900. The average molecular weight is 343 g/mol. The first-order valence-corrected chi connectivity index (χ1v) is 7.72. The average Bonchev–Trinajstić information content (AvgIpc) is 2.91. The van der Waals surface area contributed by atoms with Gasteiger partial charge in [0, 0.05) is 23.8 Å².